The minimum absolute atomic E-state index is 0. The van der Waals surface area contributed by atoms with Crippen molar-refractivity contribution in [1.82, 2.24) is 0 Å². The van der Waals surface area contributed by atoms with Crippen molar-refractivity contribution in [2.24, 2.45) is 0 Å². The van der Waals surface area contributed by atoms with E-state index in [9.17, 15) is 0 Å². The molecule has 2 radical (unpaired) electrons. The molecule has 0 aromatic heterocycles. The molecule has 42 valence electrons. The summed E-state index contributed by atoms with van der Waals surface area (Å²) in [6, 6.07) is 0. The molecule has 0 atom stereocenters. The predicted molar refractivity (Wildman–Crippen MR) is 10.5 cm³/mol. The fourth-order valence-electron chi connectivity index (χ4n) is 0. The van der Waals surface area contributed by atoms with Crippen LogP contribution in [0.4, 0.5) is 0 Å². The maximum atomic E-state index is 8.52. The number of rotatable bonds is 0. The van der Waals surface area contributed by atoms with Gasteiger partial charge < -0.3 is 9.11 Å². The molecule has 4 nitrogen and oxygen atoms in total. The maximum Gasteiger partial charge on any atom is 1.00 e. The molecule has 0 aromatic carbocycles. The van der Waals surface area contributed by atoms with Crippen LogP contribution in [-0.4, -0.2) is 17.5 Å². The van der Waals surface area contributed by atoms with Crippen molar-refractivity contribution in [3.63, 3.8) is 0 Å². The topological polar surface area (TPSA) is 80.3 Å². The first-order chi connectivity index (χ1) is 2.00. The third kappa shape index (κ3) is 70.4. The van der Waals surface area contributed by atoms with E-state index in [0.717, 1.165) is 0 Å². The SMILES string of the molecule is O=S(=O)([O-])[O-].[K+].[K+].[V].[V]. The van der Waals surface area contributed by atoms with Crippen molar-refractivity contribution in [3.8, 4) is 0 Å². The van der Waals surface area contributed by atoms with Crippen molar-refractivity contribution in [3.05, 3.63) is 0 Å². The molecule has 0 N–H and O–H groups in total. The van der Waals surface area contributed by atoms with Gasteiger partial charge in [-0.05, 0) is 0 Å². The van der Waals surface area contributed by atoms with Gasteiger partial charge in [0.05, 0.1) is 0 Å². The molecule has 0 aromatic rings. The summed E-state index contributed by atoms with van der Waals surface area (Å²) in [5.41, 5.74) is 0. The van der Waals surface area contributed by atoms with Crippen LogP contribution in [0.1, 0.15) is 0 Å². The van der Waals surface area contributed by atoms with E-state index in [1.54, 1.807) is 0 Å². The second-order valence-corrected chi connectivity index (χ2v) is 1.22. The van der Waals surface area contributed by atoms with Crippen LogP contribution in [0.25, 0.3) is 0 Å². The molecule has 9 heavy (non-hydrogen) atoms. The summed E-state index contributed by atoms with van der Waals surface area (Å²) >= 11 is 0. The molecule has 0 bridgehead atoms. The van der Waals surface area contributed by atoms with Crippen LogP contribution in [0.15, 0.2) is 0 Å². The zero-order valence-corrected chi connectivity index (χ0v) is 14.8. The van der Waals surface area contributed by atoms with Gasteiger partial charge in [0.15, 0.2) is 0 Å². The average molecular weight is 276 g/mol. The van der Waals surface area contributed by atoms with E-state index in [-0.39, 0.29) is 140 Å². The van der Waals surface area contributed by atoms with Crippen LogP contribution in [0.5, 0.6) is 0 Å². The molecule has 0 heterocycles. The van der Waals surface area contributed by atoms with Crippen LogP contribution in [0.2, 0.25) is 0 Å². The summed E-state index contributed by atoms with van der Waals surface area (Å²) in [6.07, 6.45) is 0. The maximum absolute atomic E-state index is 8.52. The predicted octanol–water partition coefficient (Wildman–Crippen LogP) is -7.34. The number of hydrogen-bond donors (Lipinski definition) is 0. The van der Waals surface area contributed by atoms with Gasteiger partial charge in [0.25, 0.3) is 0 Å². The van der Waals surface area contributed by atoms with Gasteiger partial charge in [0.1, 0.15) is 0 Å². The largest absolute Gasteiger partial charge is 1.00 e. The van der Waals surface area contributed by atoms with E-state index in [1.807, 2.05) is 0 Å². The normalized spacial score (nSPS) is 6.44. The zero-order chi connectivity index (χ0) is 4.50. The molecule has 0 aliphatic rings. The fraction of sp³-hybridized carbons (Fsp3) is 0. The van der Waals surface area contributed by atoms with Crippen LogP contribution in [0.3, 0.4) is 0 Å². The first-order valence-electron chi connectivity index (χ1n) is 0.667. The molecule has 0 saturated carbocycles. The Morgan fingerprint density at radius 2 is 0.889 bits per heavy atom. The van der Waals surface area contributed by atoms with Crippen LogP contribution in [-0.2, 0) is 47.5 Å². The second-order valence-electron chi connectivity index (χ2n) is 0.408. The Morgan fingerprint density at radius 1 is 0.889 bits per heavy atom. The van der Waals surface area contributed by atoms with Crippen molar-refractivity contribution in [1.29, 1.82) is 0 Å². The molecule has 0 fully saturated rings. The van der Waals surface area contributed by atoms with Crippen molar-refractivity contribution >= 4 is 10.4 Å². The third-order valence-electron chi connectivity index (χ3n) is 0. The summed E-state index contributed by atoms with van der Waals surface area (Å²) < 4.78 is 34.1. The molecule has 0 amide bonds. The molecule has 0 aliphatic heterocycles. The Kier molecular flexibility index (Phi) is 48.1. The van der Waals surface area contributed by atoms with E-state index in [4.69, 9.17) is 17.5 Å². The van der Waals surface area contributed by atoms with Gasteiger partial charge in [-0.1, -0.05) is 0 Å². The summed E-state index contributed by atoms with van der Waals surface area (Å²) in [5.74, 6) is 0. The summed E-state index contributed by atoms with van der Waals surface area (Å²) in [5, 5.41) is 0. The van der Waals surface area contributed by atoms with Gasteiger partial charge in [-0.3, -0.25) is 8.42 Å². The van der Waals surface area contributed by atoms with E-state index < -0.39 is 10.4 Å². The summed E-state index contributed by atoms with van der Waals surface area (Å²) in [7, 11) is -5.17. The van der Waals surface area contributed by atoms with Gasteiger partial charge in [-0.25, -0.2) is 0 Å². The molecule has 0 saturated heterocycles. The Bertz CT molecular complexity index is 99.7. The quantitative estimate of drug-likeness (QED) is 0.250. The monoisotopic (exact) mass is 276 g/mol. The summed E-state index contributed by atoms with van der Waals surface area (Å²) in [4.78, 5) is 0. The smallest absolute Gasteiger partial charge is 0.759 e. The van der Waals surface area contributed by atoms with E-state index >= 15 is 0 Å². The Hall–Kier alpha value is 4.31. The zero-order valence-electron chi connectivity index (χ0n) is 4.94. The standard InChI is InChI=1S/2K.H2O4S.2V/c;;1-5(2,3)4;;/h;;(H2,1,2,3,4);;/q2*+1;;;/p-2. The molecular weight excluding hydrogens is 276 g/mol. The van der Waals surface area contributed by atoms with Crippen LogP contribution in [0, 0.1) is 0 Å². The van der Waals surface area contributed by atoms with Gasteiger partial charge in [-0.2, -0.15) is 0 Å². The summed E-state index contributed by atoms with van der Waals surface area (Å²) in [6.45, 7) is 0. The van der Waals surface area contributed by atoms with E-state index in [0.29, 0.717) is 0 Å². The van der Waals surface area contributed by atoms with Crippen molar-refractivity contribution in [2.75, 3.05) is 0 Å². The van der Waals surface area contributed by atoms with Gasteiger partial charge in [0, 0.05) is 47.5 Å². The molecule has 0 spiro atoms. The fourth-order valence-corrected chi connectivity index (χ4v) is 0. The molecule has 0 unspecified atom stereocenters. The Balaban J connectivity index is -0.0000000133. The third-order valence-corrected chi connectivity index (χ3v) is 0. The molecule has 0 rings (SSSR count). The van der Waals surface area contributed by atoms with Crippen molar-refractivity contribution < 1.29 is 157 Å². The van der Waals surface area contributed by atoms with E-state index in [2.05, 4.69) is 0 Å². The van der Waals surface area contributed by atoms with Crippen LogP contribution < -0.4 is 103 Å². The van der Waals surface area contributed by atoms with Gasteiger partial charge in [-0.15, -0.1) is 0 Å². The van der Waals surface area contributed by atoms with Gasteiger partial charge in [0.2, 0.25) is 0 Å². The number of hydrogen-bond acceptors (Lipinski definition) is 4. The molecule has 9 heteroatoms. The first kappa shape index (κ1) is 29.2. The average Bonchev–Trinajstić information content (AvgIpc) is 0.722. The van der Waals surface area contributed by atoms with E-state index in [1.165, 1.54) is 0 Å². The van der Waals surface area contributed by atoms with Crippen LogP contribution >= 0.6 is 0 Å². The molecular formula is K2O4SV2. The Morgan fingerprint density at radius 3 is 0.889 bits per heavy atom. The first-order valence-corrected chi connectivity index (χ1v) is 2.00. The minimum Gasteiger partial charge on any atom is -0.759 e. The molecule has 0 aliphatic carbocycles. The van der Waals surface area contributed by atoms with Crippen molar-refractivity contribution in [2.45, 2.75) is 0 Å². The second kappa shape index (κ2) is 14.8. The Labute approximate surface area is 163 Å². The minimum atomic E-state index is -5.17. The van der Waals surface area contributed by atoms with Gasteiger partial charge >= 0.3 is 103 Å².